The van der Waals surface area contributed by atoms with Crippen molar-refractivity contribution in [2.24, 2.45) is 0 Å². The van der Waals surface area contributed by atoms with Gasteiger partial charge >= 0.3 is 0 Å². The number of anilines is 1. The van der Waals surface area contributed by atoms with Crippen molar-refractivity contribution >= 4 is 28.9 Å². The number of nitrogens with zero attached hydrogens (tertiary/aromatic N) is 3. The maximum Gasteiger partial charge on any atom is 0.272 e. The largest absolute Gasteiger partial charge is 0.385 e. The molecule has 150 valence electrons. The fourth-order valence-corrected chi connectivity index (χ4v) is 3.36. The summed E-state index contributed by atoms with van der Waals surface area (Å²) in [5, 5.41) is 11.9. The molecule has 0 unspecified atom stereocenters. The Balaban J connectivity index is 0.00000240. The molecule has 4 rings (SSSR count). The molecule has 0 spiro atoms. The smallest absolute Gasteiger partial charge is 0.272 e. The second-order valence-electron chi connectivity index (χ2n) is 6.82. The Hall–Kier alpha value is -3.12. The lowest BCUT2D eigenvalue weighted by molar-refractivity contribution is 0.595. The molecule has 2 aromatic carbocycles. The van der Waals surface area contributed by atoms with Crippen molar-refractivity contribution in [3.63, 3.8) is 0 Å². The van der Waals surface area contributed by atoms with E-state index in [2.05, 4.69) is 37.2 Å². The average molecular weight is 410 g/mol. The van der Waals surface area contributed by atoms with Crippen molar-refractivity contribution in [2.45, 2.75) is 25.8 Å². The second-order valence-corrected chi connectivity index (χ2v) is 6.82. The molecule has 2 N–H and O–H groups in total. The van der Waals surface area contributed by atoms with E-state index < -0.39 is 0 Å². The van der Waals surface area contributed by atoms with Crippen LogP contribution < -0.4 is 10.9 Å². The average Bonchev–Trinajstić information content (AvgIpc) is 3.25. The molecule has 29 heavy (non-hydrogen) atoms. The number of unbranched alkanes of at least 4 members (excludes halogenated alkanes) is 2. The number of hydrogen-bond donors (Lipinski definition) is 2. The van der Waals surface area contributed by atoms with Crippen LogP contribution >= 0.6 is 12.4 Å². The number of halogens is 1. The molecule has 0 aliphatic carbocycles. The number of nitrogens with one attached hydrogen (secondary N) is 2. The van der Waals surface area contributed by atoms with Gasteiger partial charge < -0.3 is 9.88 Å². The molecule has 6 nitrogen and oxygen atoms in total. The molecular weight excluding hydrogens is 386 g/mol. The van der Waals surface area contributed by atoms with E-state index in [0.717, 1.165) is 54.7 Å². The number of aryl methyl sites for hydroxylation is 1. The van der Waals surface area contributed by atoms with Crippen molar-refractivity contribution in [1.82, 2.24) is 19.7 Å². The summed E-state index contributed by atoms with van der Waals surface area (Å²) in [7, 11) is 0. The summed E-state index contributed by atoms with van der Waals surface area (Å²) >= 11 is 0. The molecule has 2 aromatic heterocycles. The number of aromatic amines is 1. The van der Waals surface area contributed by atoms with Crippen molar-refractivity contribution in [2.75, 3.05) is 11.9 Å². The molecule has 0 amide bonds. The molecule has 7 heteroatoms. The first-order valence-corrected chi connectivity index (χ1v) is 9.59. The predicted octanol–water partition coefficient (Wildman–Crippen LogP) is 4.49. The Morgan fingerprint density at radius 1 is 1.00 bits per heavy atom. The van der Waals surface area contributed by atoms with Crippen LogP contribution in [0.25, 0.3) is 22.0 Å². The standard InChI is InChI=1S/C22H23N5O.ClH/c28-22-20-10-3-2-9-19(20)21(25-26-22)17-7-6-8-18(15-17)24-11-4-1-5-13-27-14-12-23-16-27;/h2-3,6-10,12,14-16,24H,1,4-5,11,13H2,(H,26,28);1H. The summed E-state index contributed by atoms with van der Waals surface area (Å²) in [6.07, 6.45) is 9.09. The van der Waals surface area contributed by atoms with Crippen molar-refractivity contribution < 1.29 is 0 Å². The lowest BCUT2D eigenvalue weighted by Gasteiger charge is -2.10. The fraction of sp³-hybridized carbons (Fsp3) is 0.227. The molecule has 0 saturated carbocycles. The Kier molecular flexibility index (Phi) is 7.03. The summed E-state index contributed by atoms with van der Waals surface area (Å²) in [5.74, 6) is 0. The summed E-state index contributed by atoms with van der Waals surface area (Å²) < 4.78 is 2.11. The molecule has 0 atom stereocenters. The number of H-pyrrole nitrogens is 1. The van der Waals surface area contributed by atoms with Crippen LogP contribution in [0.15, 0.2) is 72.0 Å². The number of fused-ring (bicyclic) bond motifs is 1. The fourth-order valence-electron chi connectivity index (χ4n) is 3.36. The normalized spacial score (nSPS) is 10.6. The Morgan fingerprint density at radius 2 is 1.86 bits per heavy atom. The van der Waals surface area contributed by atoms with Crippen LogP contribution in [0, 0.1) is 0 Å². The van der Waals surface area contributed by atoms with Crippen molar-refractivity contribution in [3.05, 3.63) is 77.6 Å². The van der Waals surface area contributed by atoms with Gasteiger partial charge in [-0.2, -0.15) is 5.10 Å². The number of aromatic nitrogens is 4. The van der Waals surface area contributed by atoms with Gasteiger partial charge in [0.05, 0.1) is 17.4 Å². The maximum absolute atomic E-state index is 12.0. The highest BCUT2D eigenvalue weighted by atomic mass is 35.5. The quantitative estimate of drug-likeness (QED) is 0.420. The van der Waals surface area contributed by atoms with Gasteiger partial charge in [-0.05, 0) is 37.5 Å². The van der Waals surface area contributed by atoms with Gasteiger partial charge in [-0.25, -0.2) is 10.1 Å². The lowest BCUT2D eigenvalue weighted by Crippen LogP contribution is -2.09. The highest BCUT2D eigenvalue weighted by Gasteiger charge is 2.08. The van der Waals surface area contributed by atoms with E-state index in [1.807, 2.05) is 55.1 Å². The molecule has 0 radical (unpaired) electrons. The van der Waals surface area contributed by atoms with Crippen LogP contribution in [0.2, 0.25) is 0 Å². The van der Waals surface area contributed by atoms with E-state index in [1.54, 1.807) is 0 Å². The molecule has 4 aromatic rings. The third-order valence-corrected chi connectivity index (χ3v) is 4.81. The van der Waals surface area contributed by atoms with E-state index >= 15 is 0 Å². The van der Waals surface area contributed by atoms with Gasteiger partial charge in [-0.3, -0.25) is 4.79 Å². The zero-order chi connectivity index (χ0) is 19.2. The van der Waals surface area contributed by atoms with Crippen molar-refractivity contribution in [1.29, 1.82) is 0 Å². The van der Waals surface area contributed by atoms with Crippen LogP contribution in [0.4, 0.5) is 5.69 Å². The van der Waals surface area contributed by atoms with Gasteiger partial charge in [0.15, 0.2) is 0 Å². The van der Waals surface area contributed by atoms with Crippen LogP contribution in [0.5, 0.6) is 0 Å². The highest BCUT2D eigenvalue weighted by Crippen LogP contribution is 2.26. The minimum Gasteiger partial charge on any atom is -0.385 e. The van der Waals surface area contributed by atoms with E-state index in [0.29, 0.717) is 5.39 Å². The number of imidazole rings is 1. The minimum atomic E-state index is -0.163. The minimum absolute atomic E-state index is 0. The second kappa shape index (κ2) is 9.89. The third kappa shape index (κ3) is 5.03. The molecular formula is C22H24ClN5O. The van der Waals surface area contributed by atoms with Crippen LogP contribution in [0.1, 0.15) is 19.3 Å². The summed E-state index contributed by atoms with van der Waals surface area (Å²) in [6.45, 7) is 1.94. The topological polar surface area (TPSA) is 75.6 Å². The zero-order valence-electron chi connectivity index (χ0n) is 16.0. The van der Waals surface area contributed by atoms with E-state index in [4.69, 9.17) is 0 Å². The van der Waals surface area contributed by atoms with Crippen LogP contribution in [-0.2, 0) is 6.54 Å². The van der Waals surface area contributed by atoms with Gasteiger partial charge in [-0.1, -0.05) is 30.3 Å². The molecule has 0 saturated heterocycles. The zero-order valence-corrected chi connectivity index (χ0v) is 16.9. The number of hydrogen-bond acceptors (Lipinski definition) is 4. The lowest BCUT2D eigenvalue weighted by atomic mass is 10.0. The van der Waals surface area contributed by atoms with E-state index in [1.165, 1.54) is 0 Å². The van der Waals surface area contributed by atoms with Crippen LogP contribution in [-0.4, -0.2) is 26.3 Å². The highest BCUT2D eigenvalue weighted by molar-refractivity contribution is 5.94. The maximum atomic E-state index is 12.0. The SMILES string of the molecule is Cl.O=c1[nH]nc(-c2cccc(NCCCCCn3ccnc3)c2)c2ccccc12. The molecule has 0 aliphatic heterocycles. The van der Waals surface area contributed by atoms with Crippen LogP contribution in [0.3, 0.4) is 0 Å². The van der Waals surface area contributed by atoms with Gasteiger partial charge in [0.1, 0.15) is 0 Å². The van der Waals surface area contributed by atoms with Gasteiger partial charge in [0.25, 0.3) is 5.56 Å². The number of benzene rings is 2. The molecule has 0 bridgehead atoms. The Labute approximate surface area is 175 Å². The van der Waals surface area contributed by atoms with Gasteiger partial charge in [0, 0.05) is 42.1 Å². The molecule has 2 heterocycles. The summed E-state index contributed by atoms with van der Waals surface area (Å²) in [6, 6.07) is 15.7. The molecule has 0 aliphatic rings. The summed E-state index contributed by atoms with van der Waals surface area (Å²) in [4.78, 5) is 16.1. The monoisotopic (exact) mass is 409 g/mol. The Bertz CT molecular complexity index is 1110. The summed E-state index contributed by atoms with van der Waals surface area (Å²) in [5.41, 5.74) is 2.67. The van der Waals surface area contributed by atoms with Gasteiger partial charge in [-0.15, -0.1) is 12.4 Å². The van der Waals surface area contributed by atoms with Crippen molar-refractivity contribution in [3.8, 4) is 11.3 Å². The first kappa shape index (κ1) is 20.6. The van der Waals surface area contributed by atoms with E-state index in [-0.39, 0.29) is 18.0 Å². The van der Waals surface area contributed by atoms with Gasteiger partial charge in [0.2, 0.25) is 0 Å². The first-order valence-electron chi connectivity index (χ1n) is 9.59. The van der Waals surface area contributed by atoms with E-state index in [9.17, 15) is 4.79 Å². The molecule has 0 fully saturated rings. The predicted molar refractivity (Wildman–Crippen MR) is 120 cm³/mol. The third-order valence-electron chi connectivity index (χ3n) is 4.81. The first-order chi connectivity index (χ1) is 13.8. The number of rotatable bonds is 8. The Morgan fingerprint density at radius 3 is 2.69 bits per heavy atom.